The summed E-state index contributed by atoms with van der Waals surface area (Å²) in [6, 6.07) is 5.99. The Morgan fingerprint density at radius 1 is 1.38 bits per heavy atom. The van der Waals surface area contributed by atoms with Gasteiger partial charge in [-0.05, 0) is 31.5 Å². The number of unbranched alkanes of at least 4 members (excludes halogenated alkanes) is 2. The van der Waals surface area contributed by atoms with Crippen LogP contribution in [0.4, 0.5) is 0 Å². The molecule has 1 aromatic carbocycles. The van der Waals surface area contributed by atoms with E-state index >= 15 is 0 Å². The predicted octanol–water partition coefficient (Wildman–Crippen LogP) is 4.04. The zero-order chi connectivity index (χ0) is 12.0. The lowest BCUT2D eigenvalue weighted by molar-refractivity contribution is 0.302. The van der Waals surface area contributed by atoms with E-state index in [9.17, 15) is 0 Å². The van der Waals surface area contributed by atoms with E-state index in [0.29, 0.717) is 0 Å². The van der Waals surface area contributed by atoms with Crippen LogP contribution in [-0.4, -0.2) is 6.61 Å². The van der Waals surface area contributed by atoms with Gasteiger partial charge < -0.3 is 10.5 Å². The second-order valence-corrected chi connectivity index (χ2v) is 4.94. The van der Waals surface area contributed by atoms with Gasteiger partial charge in [0.2, 0.25) is 0 Å². The molecule has 0 radical (unpaired) electrons. The second-order valence-electron chi connectivity index (χ2n) is 4.03. The van der Waals surface area contributed by atoms with Gasteiger partial charge in [0.1, 0.15) is 5.75 Å². The Kier molecular flexibility index (Phi) is 5.85. The van der Waals surface area contributed by atoms with Gasteiger partial charge in [-0.25, -0.2) is 0 Å². The molecular formula is C13H20BrNO. The Balaban J connectivity index is 2.64. The van der Waals surface area contributed by atoms with Crippen LogP contribution in [0, 0.1) is 0 Å². The second kappa shape index (κ2) is 6.92. The highest BCUT2D eigenvalue weighted by Crippen LogP contribution is 2.27. The monoisotopic (exact) mass is 285 g/mol. The average molecular weight is 286 g/mol. The molecule has 16 heavy (non-hydrogen) atoms. The van der Waals surface area contributed by atoms with E-state index in [1.165, 1.54) is 12.8 Å². The first-order valence-corrected chi connectivity index (χ1v) is 6.62. The summed E-state index contributed by atoms with van der Waals surface area (Å²) in [4.78, 5) is 0. The largest absolute Gasteiger partial charge is 0.493 e. The number of halogens is 1. The molecule has 0 aliphatic heterocycles. The lowest BCUT2D eigenvalue weighted by atomic mass is 10.1. The minimum Gasteiger partial charge on any atom is -0.493 e. The van der Waals surface area contributed by atoms with E-state index in [1.807, 2.05) is 25.1 Å². The lowest BCUT2D eigenvalue weighted by Gasteiger charge is -2.14. The molecule has 0 spiro atoms. The van der Waals surface area contributed by atoms with Crippen molar-refractivity contribution in [1.29, 1.82) is 0 Å². The van der Waals surface area contributed by atoms with Crippen LogP contribution in [0.2, 0.25) is 0 Å². The van der Waals surface area contributed by atoms with Crippen molar-refractivity contribution in [3.63, 3.8) is 0 Å². The first-order chi connectivity index (χ1) is 7.65. The van der Waals surface area contributed by atoms with E-state index in [1.54, 1.807) is 0 Å². The van der Waals surface area contributed by atoms with Gasteiger partial charge in [0.15, 0.2) is 0 Å². The van der Waals surface area contributed by atoms with Crippen LogP contribution in [0.3, 0.4) is 0 Å². The van der Waals surface area contributed by atoms with Crippen LogP contribution >= 0.6 is 15.9 Å². The first kappa shape index (κ1) is 13.5. The fourth-order valence-corrected chi connectivity index (χ4v) is 1.92. The molecule has 2 nitrogen and oxygen atoms in total. The Labute approximate surface area is 106 Å². The molecule has 1 aromatic rings. The van der Waals surface area contributed by atoms with Crippen molar-refractivity contribution in [2.75, 3.05) is 6.61 Å². The summed E-state index contributed by atoms with van der Waals surface area (Å²) in [6.07, 6.45) is 3.53. The molecule has 0 unspecified atom stereocenters. The van der Waals surface area contributed by atoms with Crippen LogP contribution in [0.1, 0.15) is 44.7 Å². The van der Waals surface area contributed by atoms with Crippen molar-refractivity contribution >= 4 is 15.9 Å². The molecule has 0 aromatic heterocycles. The van der Waals surface area contributed by atoms with E-state index < -0.39 is 0 Å². The van der Waals surface area contributed by atoms with Gasteiger partial charge in [0.05, 0.1) is 6.61 Å². The lowest BCUT2D eigenvalue weighted by Crippen LogP contribution is -2.08. The van der Waals surface area contributed by atoms with Gasteiger partial charge in [-0.3, -0.25) is 0 Å². The van der Waals surface area contributed by atoms with Crippen molar-refractivity contribution in [3.05, 3.63) is 28.2 Å². The third-order valence-corrected chi connectivity index (χ3v) is 2.96. The van der Waals surface area contributed by atoms with Crippen molar-refractivity contribution in [2.45, 2.75) is 39.2 Å². The van der Waals surface area contributed by atoms with Gasteiger partial charge in [0.25, 0.3) is 0 Å². The molecule has 0 saturated carbocycles. The maximum absolute atomic E-state index is 5.91. The molecule has 0 bridgehead atoms. The molecule has 0 aliphatic carbocycles. The maximum Gasteiger partial charge on any atom is 0.124 e. The average Bonchev–Trinajstić information content (AvgIpc) is 2.26. The SMILES string of the molecule is CCCCCOc1ccc(Br)cc1[C@H](C)N. The highest BCUT2D eigenvalue weighted by molar-refractivity contribution is 9.10. The van der Waals surface area contributed by atoms with Crippen LogP contribution in [0.15, 0.2) is 22.7 Å². The van der Waals surface area contributed by atoms with E-state index in [4.69, 9.17) is 10.5 Å². The molecule has 0 amide bonds. The number of rotatable bonds is 6. The number of nitrogens with two attached hydrogens (primary N) is 1. The zero-order valence-electron chi connectivity index (χ0n) is 10.0. The Hall–Kier alpha value is -0.540. The van der Waals surface area contributed by atoms with Crippen molar-refractivity contribution in [3.8, 4) is 5.75 Å². The number of hydrogen-bond acceptors (Lipinski definition) is 2. The van der Waals surface area contributed by atoms with E-state index in [2.05, 4.69) is 22.9 Å². The third-order valence-electron chi connectivity index (χ3n) is 2.47. The summed E-state index contributed by atoms with van der Waals surface area (Å²) in [6.45, 7) is 4.93. The Morgan fingerprint density at radius 3 is 2.75 bits per heavy atom. The highest BCUT2D eigenvalue weighted by Gasteiger charge is 2.08. The summed E-state index contributed by atoms with van der Waals surface area (Å²) in [7, 11) is 0. The summed E-state index contributed by atoms with van der Waals surface area (Å²) in [5.74, 6) is 0.911. The number of benzene rings is 1. The molecule has 1 atom stereocenters. The summed E-state index contributed by atoms with van der Waals surface area (Å²) < 4.78 is 6.80. The Morgan fingerprint density at radius 2 is 2.12 bits per heavy atom. The van der Waals surface area contributed by atoms with Crippen molar-refractivity contribution in [2.24, 2.45) is 5.73 Å². The molecule has 0 fully saturated rings. The standard InChI is InChI=1S/C13H20BrNO/c1-3-4-5-8-16-13-7-6-11(14)9-12(13)10(2)15/h6-7,9-10H,3-5,8,15H2,1-2H3/t10-/m0/s1. The van der Waals surface area contributed by atoms with Gasteiger partial charge in [0, 0.05) is 16.1 Å². The molecule has 1 rings (SSSR count). The van der Waals surface area contributed by atoms with Crippen LogP contribution in [0.5, 0.6) is 5.75 Å². The normalized spacial score (nSPS) is 12.5. The zero-order valence-corrected chi connectivity index (χ0v) is 11.6. The van der Waals surface area contributed by atoms with Crippen LogP contribution < -0.4 is 10.5 Å². The highest BCUT2D eigenvalue weighted by atomic mass is 79.9. The quantitative estimate of drug-likeness (QED) is 0.801. The van der Waals surface area contributed by atoms with E-state index in [0.717, 1.165) is 28.8 Å². The summed E-state index contributed by atoms with van der Waals surface area (Å²) in [5.41, 5.74) is 6.97. The predicted molar refractivity (Wildman–Crippen MR) is 71.8 cm³/mol. The first-order valence-electron chi connectivity index (χ1n) is 5.83. The summed E-state index contributed by atoms with van der Waals surface area (Å²) >= 11 is 3.45. The molecule has 90 valence electrons. The topological polar surface area (TPSA) is 35.2 Å². The molecular weight excluding hydrogens is 266 g/mol. The van der Waals surface area contributed by atoms with Gasteiger partial charge >= 0.3 is 0 Å². The smallest absolute Gasteiger partial charge is 0.124 e. The Bertz CT molecular complexity index is 326. The molecule has 0 aliphatic rings. The van der Waals surface area contributed by atoms with Gasteiger partial charge in [-0.2, -0.15) is 0 Å². The van der Waals surface area contributed by atoms with Crippen LogP contribution in [-0.2, 0) is 0 Å². The molecule has 0 heterocycles. The number of hydrogen-bond donors (Lipinski definition) is 1. The molecule has 2 N–H and O–H groups in total. The van der Waals surface area contributed by atoms with E-state index in [-0.39, 0.29) is 6.04 Å². The minimum absolute atomic E-state index is 0.00123. The molecule has 3 heteroatoms. The fraction of sp³-hybridized carbons (Fsp3) is 0.538. The summed E-state index contributed by atoms with van der Waals surface area (Å²) in [5, 5.41) is 0. The van der Waals surface area contributed by atoms with Gasteiger partial charge in [-0.15, -0.1) is 0 Å². The number of ether oxygens (including phenoxy) is 1. The molecule has 0 saturated heterocycles. The van der Waals surface area contributed by atoms with Crippen molar-refractivity contribution in [1.82, 2.24) is 0 Å². The van der Waals surface area contributed by atoms with Crippen molar-refractivity contribution < 1.29 is 4.74 Å². The van der Waals surface area contributed by atoms with Crippen LogP contribution in [0.25, 0.3) is 0 Å². The third kappa shape index (κ3) is 4.14. The fourth-order valence-electron chi connectivity index (χ4n) is 1.54. The van der Waals surface area contributed by atoms with Gasteiger partial charge in [-0.1, -0.05) is 35.7 Å². The minimum atomic E-state index is -0.00123. The maximum atomic E-state index is 5.91.